The van der Waals surface area contributed by atoms with Gasteiger partial charge < -0.3 is 10.1 Å². The molecule has 4 heteroatoms. The van der Waals surface area contributed by atoms with Gasteiger partial charge in [0.05, 0.1) is 12.1 Å². The standard InChI is InChI=1S/C13H19BrFNO/c1-4-5-12(17-3)13(16-2)10-8-9(14)6-7-11(10)15/h6-8,12-13,16H,4-5H2,1-3H3. The van der Waals surface area contributed by atoms with Gasteiger partial charge in [-0.15, -0.1) is 0 Å². The summed E-state index contributed by atoms with van der Waals surface area (Å²) in [5, 5.41) is 3.14. The predicted octanol–water partition coefficient (Wildman–Crippen LogP) is 3.66. The molecule has 0 aliphatic rings. The number of halogens is 2. The molecule has 2 unspecified atom stereocenters. The van der Waals surface area contributed by atoms with Crippen LogP contribution in [0.15, 0.2) is 22.7 Å². The molecule has 17 heavy (non-hydrogen) atoms. The van der Waals surface area contributed by atoms with Crippen molar-refractivity contribution in [2.24, 2.45) is 0 Å². The first-order valence-corrected chi connectivity index (χ1v) is 6.58. The van der Waals surface area contributed by atoms with Gasteiger partial charge in [0, 0.05) is 17.1 Å². The van der Waals surface area contributed by atoms with Gasteiger partial charge in [-0.05, 0) is 31.7 Å². The molecule has 0 fully saturated rings. The van der Waals surface area contributed by atoms with Crippen molar-refractivity contribution in [2.75, 3.05) is 14.2 Å². The summed E-state index contributed by atoms with van der Waals surface area (Å²) >= 11 is 3.37. The molecule has 0 aliphatic carbocycles. The van der Waals surface area contributed by atoms with E-state index in [-0.39, 0.29) is 18.0 Å². The Morgan fingerprint density at radius 3 is 2.71 bits per heavy atom. The summed E-state index contributed by atoms with van der Waals surface area (Å²) < 4.78 is 20.2. The van der Waals surface area contributed by atoms with E-state index in [1.807, 2.05) is 7.05 Å². The second-order valence-corrected chi connectivity index (χ2v) is 4.91. The molecule has 1 rings (SSSR count). The number of rotatable bonds is 6. The van der Waals surface area contributed by atoms with Crippen LogP contribution in [0, 0.1) is 5.82 Å². The van der Waals surface area contributed by atoms with Crippen molar-refractivity contribution in [1.29, 1.82) is 0 Å². The van der Waals surface area contributed by atoms with Crippen LogP contribution in [-0.2, 0) is 4.74 Å². The van der Waals surface area contributed by atoms with Gasteiger partial charge in [0.25, 0.3) is 0 Å². The normalized spacial score (nSPS) is 14.6. The number of ether oxygens (including phenoxy) is 1. The maximum atomic E-state index is 13.8. The Kier molecular flexibility index (Phi) is 6.09. The molecule has 1 N–H and O–H groups in total. The fourth-order valence-corrected chi connectivity index (χ4v) is 2.38. The number of likely N-dealkylation sites (N-methyl/N-ethyl adjacent to an activating group) is 1. The van der Waals surface area contributed by atoms with Crippen LogP contribution in [0.5, 0.6) is 0 Å². The van der Waals surface area contributed by atoms with Crippen LogP contribution < -0.4 is 5.32 Å². The van der Waals surface area contributed by atoms with Crippen molar-refractivity contribution in [3.05, 3.63) is 34.1 Å². The highest BCUT2D eigenvalue weighted by atomic mass is 79.9. The van der Waals surface area contributed by atoms with Crippen molar-refractivity contribution in [3.63, 3.8) is 0 Å². The van der Waals surface area contributed by atoms with Gasteiger partial charge in [-0.3, -0.25) is 0 Å². The zero-order valence-corrected chi connectivity index (χ0v) is 12.1. The number of benzene rings is 1. The highest BCUT2D eigenvalue weighted by Crippen LogP contribution is 2.27. The zero-order chi connectivity index (χ0) is 12.8. The number of hydrogen-bond donors (Lipinski definition) is 1. The lowest BCUT2D eigenvalue weighted by Crippen LogP contribution is -2.31. The summed E-state index contributed by atoms with van der Waals surface area (Å²) in [6.45, 7) is 2.09. The van der Waals surface area contributed by atoms with Crippen molar-refractivity contribution in [3.8, 4) is 0 Å². The molecular weight excluding hydrogens is 285 g/mol. The molecule has 0 amide bonds. The van der Waals surface area contributed by atoms with Crippen molar-refractivity contribution in [2.45, 2.75) is 31.9 Å². The van der Waals surface area contributed by atoms with Gasteiger partial charge in [-0.2, -0.15) is 0 Å². The van der Waals surface area contributed by atoms with E-state index in [4.69, 9.17) is 4.74 Å². The van der Waals surface area contributed by atoms with E-state index in [9.17, 15) is 4.39 Å². The lowest BCUT2D eigenvalue weighted by molar-refractivity contribution is 0.0619. The summed E-state index contributed by atoms with van der Waals surface area (Å²) in [5.41, 5.74) is 0.641. The van der Waals surface area contributed by atoms with Gasteiger partial charge in [-0.25, -0.2) is 4.39 Å². The zero-order valence-electron chi connectivity index (χ0n) is 10.5. The third kappa shape index (κ3) is 3.76. The second-order valence-electron chi connectivity index (χ2n) is 4.00. The Hall–Kier alpha value is -0.450. The minimum atomic E-state index is -0.203. The summed E-state index contributed by atoms with van der Waals surface area (Å²) in [6.07, 6.45) is 1.88. The van der Waals surface area contributed by atoms with Crippen LogP contribution in [0.3, 0.4) is 0 Å². The maximum absolute atomic E-state index is 13.8. The number of hydrogen-bond acceptors (Lipinski definition) is 2. The monoisotopic (exact) mass is 303 g/mol. The highest BCUT2D eigenvalue weighted by Gasteiger charge is 2.23. The van der Waals surface area contributed by atoms with Crippen LogP contribution in [0.1, 0.15) is 31.4 Å². The summed E-state index contributed by atoms with van der Waals surface area (Å²) in [5.74, 6) is -0.203. The molecule has 2 nitrogen and oxygen atoms in total. The van der Waals surface area contributed by atoms with Crippen molar-refractivity contribution >= 4 is 15.9 Å². The van der Waals surface area contributed by atoms with E-state index in [1.54, 1.807) is 19.2 Å². The SMILES string of the molecule is CCCC(OC)C(NC)c1cc(Br)ccc1F. The largest absolute Gasteiger partial charge is 0.379 e. The Morgan fingerprint density at radius 1 is 1.47 bits per heavy atom. The van der Waals surface area contributed by atoms with Gasteiger partial charge in [0.2, 0.25) is 0 Å². The molecule has 0 bridgehead atoms. The van der Waals surface area contributed by atoms with E-state index in [0.717, 1.165) is 17.3 Å². The fourth-order valence-electron chi connectivity index (χ4n) is 2.00. The minimum absolute atomic E-state index is 0.0196. The lowest BCUT2D eigenvalue weighted by atomic mass is 9.98. The topological polar surface area (TPSA) is 21.3 Å². The van der Waals surface area contributed by atoms with E-state index in [1.165, 1.54) is 6.07 Å². The van der Waals surface area contributed by atoms with Crippen LogP contribution in [0.2, 0.25) is 0 Å². The molecule has 0 spiro atoms. The van der Waals surface area contributed by atoms with Crippen LogP contribution in [-0.4, -0.2) is 20.3 Å². The first-order chi connectivity index (χ1) is 8.13. The minimum Gasteiger partial charge on any atom is -0.379 e. The Morgan fingerprint density at radius 2 is 2.18 bits per heavy atom. The average molecular weight is 304 g/mol. The molecular formula is C13H19BrFNO. The van der Waals surface area contributed by atoms with Gasteiger partial charge in [0.15, 0.2) is 0 Å². The first-order valence-electron chi connectivity index (χ1n) is 5.79. The van der Waals surface area contributed by atoms with E-state index in [2.05, 4.69) is 28.2 Å². The molecule has 1 aromatic carbocycles. The molecule has 0 heterocycles. The highest BCUT2D eigenvalue weighted by molar-refractivity contribution is 9.10. The smallest absolute Gasteiger partial charge is 0.128 e. The predicted molar refractivity (Wildman–Crippen MR) is 71.6 cm³/mol. The fraction of sp³-hybridized carbons (Fsp3) is 0.538. The second kappa shape index (κ2) is 7.09. The first kappa shape index (κ1) is 14.6. The maximum Gasteiger partial charge on any atom is 0.128 e. The van der Waals surface area contributed by atoms with E-state index < -0.39 is 0 Å². The van der Waals surface area contributed by atoms with E-state index in [0.29, 0.717) is 5.56 Å². The molecule has 0 saturated heterocycles. The van der Waals surface area contributed by atoms with Crippen molar-refractivity contribution < 1.29 is 9.13 Å². The Balaban J connectivity index is 3.02. The molecule has 2 atom stereocenters. The third-order valence-corrected chi connectivity index (χ3v) is 3.35. The van der Waals surface area contributed by atoms with Crippen LogP contribution in [0.25, 0.3) is 0 Å². The molecule has 1 aromatic rings. The summed E-state index contributed by atoms with van der Waals surface area (Å²) in [6, 6.07) is 4.85. The average Bonchev–Trinajstić information content (AvgIpc) is 2.33. The lowest BCUT2D eigenvalue weighted by Gasteiger charge is -2.26. The van der Waals surface area contributed by atoms with Gasteiger partial charge in [0.1, 0.15) is 5.82 Å². The molecule has 0 saturated carbocycles. The van der Waals surface area contributed by atoms with Crippen molar-refractivity contribution in [1.82, 2.24) is 5.32 Å². The number of methoxy groups -OCH3 is 1. The molecule has 0 aromatic heterocycles. The van der Waals surface area contributed by atoms with Gasteiger partial charge in [-0.1, -0.05) is 29.3 Å². The third-order valence-electron chi connectivity index (χ3n) is 2.85. The van der Waals surface area contributed by atoms with Gasteiger partial charge >= 0.3 is 0 Å². The number of nitrogens with one attached hydrogen (secondary N) is 1. The molecule has 96 valence electrons. The van der Waals surface area contributed by atoms with Crippen LogP contribution in [0.4, 0.5) is 4.39 Å². The summed E-state index contributed by atoms with van der Waals surface area (Å²) in [4.78, 5) is 0. The summed E-state index contributed by atoms with van der Waals surface area (Å²) in [7, 11) is 3.49. The van der Waals surface area contributed by atoms with Crippen LogP contribution >= 0.6 is 15.9 Å². The quantitative estimate of drug-likeness (QED) is 0.866. The van der Waals surface area contributed by atoms with E-state index >= 15 is 0 Å². The molecule has 0 radical (unpaired) electrons. The molecule has 0 aliphatic heterocycles. The Labute approximate surface area is 111 Å². The Bertz CT molecular complexity index is 359.